The van der Waals surface area contributed by atoms with E-state index in [0.717, 1.165) is 37.9 Å². The summed E-state index contributed by atoms with van der Waals surface area (Å²) < 4.78 is 0. The monoisotopic (exact) mass is 338 g/mol. The van der Waals surface area contributed by atoms with E-state index in [0.29, 0.717) is 24.6 Å². The van der Waals surface area contributed by atoms with Gasteiger partial charge in [-0.2, -0.15) is 0 Å². The normalized spacial score (nSPS) is 17.4. The molecule has 25 heavy (non-hydrogen) atoms. The van der Waals surface area contributed by atoms with E-state index in [9.17, 15) is 9.90 Å². The number of likely N-dealkylation sites (tertiary alicyclic amines) is 1. The Morgan fingerprint density at radius 1 is 1.12 bits per heavy atom. The highest BCUT2D eigenvalue weighted by atomic mass is 16.3. The van der Waals surface area contributed by atoms with Crippen molar-refractivity contribution < 1.29 is 9.90 Å². The molecule has 1 N–H and O–H groups in total. The number of carbonyl (C=O) groups is 1. The summed E-state index contributed by atoms with van der Waals surface area (Å²) in [6.45, 7) is 0.876. The van der Waals surface area contributed by atoms with E-state index in [1.54, 1.807) is 18.3 Å². The Morgan fingerprint density at radius 3 is 2.72 bits per heavy atom. The zero-order valence-corrected chi connectivity index (χ0v) is 14.6. The molecule has 3 rings (SSSR count). The summed E-state index contributed by atoms with van der Waals surface area (Å²) in [4.78, 5) is 19.1. The van der Waals surface area contributed by atoms with Gasteiger partial charge < -0.3 is 10.0 Å². The van der Waals surface area contributed by atoms with E-state index < -0.39 is 0 Å². The van der Waals surface area contributed by atoms with Gasteiger partial charge in [0.25, 0.3) is 0 Å². The number of rotatable bonds is 6. The number of pyridine rings is 1. The first kappa shape index (κ1) is 17.5. The second-order valence-corrected chi connectivity index (χ2v) is 6.76. The van der Waals surface area contributed by atoms with Gasteiger partial charge in [-0.1, -0.05) is 18.2 Å². The molecular weight excluding hydrogens is 312 g/mol. The van der Waals surface area contributed by atoms with Crippen molar-refractivity contribution in [1.29, 1.82) is 0 Å². The van der Waals surface area contributed by atoms with Gasteiger partial charge in [-0.05, 0) is 68.4 Å². The van der Waals surface area contributed by atoms with Gasteiger partial charge in [0.05, 0.1) is 0 Å². The molecule has 132 valence electrons. The zero-order chi connectivity index (χ0) is 17.5. The lowest BCUT2D eigenvalue weighted by molar-refractivity contribution is -0.135. The van der Waals surface area contributed by atoms with Crippen molar-refractivity contribution >= 4 is 5.91 Å². The minimum absolute atomic E-state index is 0.251. The van der Waals surface area contributed by atoms with Crippen LogP contribution in [0.4, 0.5) is 0 Å². The number of hydrogen-bond donors (Lipinski definition) is 1. The first-order valence-corrected chi connectivity index (χ1v) is 9.19. The molecule has 2 heterocycles. The second kappa shape index (κ2) is 8.65. The lowest BCUT2D eigenvalue weighted by atomic mass is 9.95. The van der Waals surface area contributed by atoms with Crippen LogP contribution in [0.3, 0.4) is 0 Å². The Balaban J connectivity index is 1.54. The fourth-order valence-corrected chi connectivity index (χ4v) is 3.55. The van der Waals surface area contributed by atoms with E-state index in [-0.39, 0.29) is 5.91 Å². The maximum atomic E-state index is 12.7. The highest BCUT2D eigenvalue weighted by Crippen LogP contribution is 2.23. The quantitative estimate of drug-likeness (QED) is 0.873. The van der Waals surface area contributed by atoms with Gasteiger partial charge in [-0.3, -0.25) is 9.78 Å². The van der Waals surface area contributed by atoms with E-state index in [4.69, 9.17) is 0 Å². The van der Waals surface area contributed by atoms with Crippen molar-refractivity contribution in [2.24, 2.45) is 0 Å². The number of hydrogen-bond acceptors (Lipinski definition) is 3. The fraction of sp³-hybridized carbons (Fsp3) is 0.429. The summed E-state index contributed by atoms with van der Waals surface area (Å²) >= 11 is 0. The number of phenolic OH excluding ortho intramolecular Hbond substituents is 1. The maximum absolute atomic E-state index is 12.7. The summed E-state index contributed by atoms with van der Waals surface area (Å²) in [5, 5.41) is 9.38. The molecule has 1 fully saturated rings. The molecule has 1 atom stereocenters. The molecule has 0 saturated carbocycles. The van der Waals surface area contributed by atoms with Gasteiger partial charge in [0.15, 0.2) is 0 Å². The molecule has 1 aliphatic heterocycles. The Kier molecular flexibility index (Phi) is 6.04. The van der Waals surface area contributed by atoms with Crippen molar-refractivity contribution in [3.63, 3.8) is 0 Å². The SMILES string of the molecule is O=C(CCc1ccccn1)N1CCCC[C@H]1CCc1ccc(O)cc1. The Hall–Kier alpha value is -2.36. The highest BCUT2D eigenvalue weighted by molar-refractivity contribution is 5.76. The highest BCUT2D eigenvalue weighted by Gasteiger charge is 2.26. The molecule has 1 aliphatic rings. The third-order valence-corrected chi connectivity index (χ3v) is 4.97. The average Bonchev–Trinajstić information content (AvgIpc) is 2.67. The predicted octanol–water partition coefficient (Wildman–Crippen LogP) is 3.73. The third-order valence-electron chi connectivity index (χ3n) is 4.97. The second-order valence-electron chi connectivity index (χ2n) is 6.76. The van der Waals surface area contributed by atoms with Crippen molar-refractivity contribution in [2.45, 2.75) is 51.0 Å². The maximum Gasteiger partial charge on any atom is 0.223 e. The lowest BCUT2D eigenvalue weighted by Gasteiger charge is -2.36. The van der Waals surface area contributed by atoms with Gasteiger partial charge in [0, 0.05) is 30.9 Å². The molecule has 4 heteroatoms. The average molecular weight is 338 g/mol. The first-order chi connectivity index (χ1) is 12.2. The van der Waals surface area contributed by atoms with Crippen LogP contribution in [0.15, 0.2) is 48.7 Å². The van der Waals surface area contributed by atoms with Crippen LogP contribution in [-0.2, 0) is 17.6 Å². The van der Waals surface area contributed by atoms with Crippen molar-refractivity contribution in [3.05, 3.63) is 59.9 Å². The van der Waals surface area contributed by atoms with E-state index in [1.807, 2.05) is 30.3 Å². The predicted molar refractivity (Wildman–Crippen MR) is 98.3 cm³/mol. The standard InChI is InChI=1S/C21H26N2O2/c24-20-12-8-17(9-13-20)7-11-19-6-2-4-16-23(19)21(25)14-10-18-5-1-3-15-22-18/h1,3,5,8-9,12-13,15,19,24H,2,4,6-7,10-11,14,16H2/t19-/m0/s1. The molecule has 0 bridgehead atoms. The van der Waals surface area contributed by atoms with Crippen molar-refractivity contribution in [1.82, 2.24) is 9.88 Å². The molecule has 1 saturated heterocycles. The van der Waals surface area contributed by atoms with E-state index >= 15 is 0 Å². The number of benzene rings is 1. The fourth-order valence-electron chi connectivity index (χ4n) is 3.55. The Labute approximate surface area is 149 Å². The number of carbonyl (C=O) groups excluding carboxylic acids is 1. The number of aromatic hydroxyl groups is 1. The molecule has 0 radical (unpaired) electrons. The van der Waals surface area contributed by atoms with Crippen LogP contribution in [0.2, 0.25) is 0 Å². The van der Waals surface area contributed by atoms with E-state index in [1.165, 1.54) is 12.0 Å². The lowest BCUT2D eigenvalue weighted by Crippen LogP contribution is -2.44. The van der Waals surface area contributed by atoms with Gasteiger partial charge in [-0.25, -0.2) is 0 Å². The summed E-state index contributed by atoms with van der Waals surface area (Å²) in [6, 6.07) is 13.6. The van der Waals surface area contributed by atoms with Crippen LogP contribution in [-0.4, -0.2) is 33.5 Å². The van der Waals surface area contributed by atoms with Gasteiger partial charge >= 0.3 is 0 Å². The molecule has 0 aliphatic carbocycles. The van der Waals surface area contributed by atoms with Crippen LogP contribution in [0.5, 0.6) is 5.75 Å². The third kappa shape index (κ3) is 5.05. The first-order valence-electron chi connectivity index (χ1n) is 9.19. The van der Waals surface area contributed by atoms with Crippen LogP contribution in [0, 0.1) is 0 Å². The molecule has 2 aromatic rings. The molecular formula is C21H26N2O2. The minimum atomic E-state index is 0.251. The summed E-state index contributed by atoms with van der Waals surface area (Å²) in [5.74, 6) is 0.550. The molecule has 1 aromatic carbocycles. The molecule has 0 unspecified atom stereocenters. The molecule has 0 spiro atoms. The topological polar surface area (TPSA) is 53.4 Å². The van der Waals surface area contributed by atoms with Crippen LogP contribution < -0.4 is 0 Å². The van der Waals surface area contributed by atoms with Gasteiger partial charge in [-0.15, -0.1) is 0 Å². The zero-order valence-electron chi connectivity index (χ0n) is 14.6. The number of amides is 1. The number of aryl methyl sites for hydroxylation is 2. The van der Waals surface area contributed by atoms with E-state index in [2.05, 4.69) is 9.88 Å². The van der Waals surface area contributed by atoms with Crippen LogP contribution >= 0.6 is 0 Å². The number of aromatic nitrogens is 1. The molecule has 4 nitrogen and oxygen atoms in total. The summed E-state index contributed by atoms with van der Waals surface area (Å²) in [7, 11) is 0. The minimum Gasteiger partial charge on any atom is -0.508 e. The van der Waals surface area contributed by atoms with Crippen molar-refractivity contribution in [2.75, 3.05) is 6.54 Å². The number of phenols is 1. The number of nitrogens with zero attached hydrogens (tertiary/aromatic N) is 2. The summed E-state index contributed by atoms with van der Waals surface area (Å²) in [5.41, 5.74) is 2.19. The largest absolute Gasteiger partial charge is 0.508 e. The van der Waals surface area contributed by atoms with Gasteiger partial charge in [0.2, 0.25) is 5.91 Å². The van der Waals surface area contributed by atoms with Crippen LogP contribution in [0.1, 0.15) is 43.4 Å². The number of piperidine rings is 1. The smallest absolute Gasteiger partial charge is 0.223 e. The van der Waals surface area contributed by atoms with Crippen LogP contribution in [0.25, 0.3) is 0 Å². The Morgan fingerprint density at radius 2 is 1.96 bits per heavy atom. The molecule has 1 aromatic heterocycles. The van der Waals surface area contributed by atoms with Crippen molar-refractivity contribution in [3.8, 4) is 5.75 Å². The Bertz CT molecular complexity index is 670. The summed E-state index contributed by atoms with van der Waals surface area (Å²) in [6.07, 6.45) is 8.34. The molecule has 1 amide bonds. The van der Waals surface area contributed by atoms with Gasteiger partial charge in [0.1, 0.15) is 5.75 Å².